The normalized spacial score (nSPS) is 14.0. The van der Waals surface area contributed by atoms with Crippen molar-refractivity contribution in [3.8, 4) is 0 Å². The maximum Gasteiger partial charge on any atom is 0.318 e. The second kappa shape index (κ2) is 3.38. The van der Waals surface area contributed by atoms with Gasteiger partial charge in [0.05, 0.1) is 6.04 Å². The molecule has 1 rings (SSSR count). The smallest absolute Gasteiger partial charge is 0.318 e. The number of carbonyl (C=O) groups is 1. The molecule has 3 N–H and O–H groups in total. The van der Waals surface area contributed by atoms with Crippen LogP contribution in [0.1, 0.15) is 38.6 Å². The van der Waals surface area contributed by atoms with E-state index in [1.54, 1.807) is 6.92 Å². The molecule has 0 aromatic carbocycles. The summed E-state index contributed by atoms with van der Waals surface area (Å²) in [5.74, 6) is -0.705. The molecule has 0 saturated heterocycles. The summed E-state index contributed by atoms with van der Waals surface area (Å²) in [6.45, 7) is 4.67. The zero-order chi connectivity index (χ0) is 10.9. The van der Waals surface area contributed by atoms with Crippen LogP contribution in [-0.4, -0.2) is 21.3 Å². The van der Waals surface area contributed by atoms with Crippen LogP contribution in [0.5, 0.6) is 0 Å². The average Bonchev–Trinajstić information content (AvgIpc) is 2.51. The third-order valence-electron chi connectivity index (χ3n) is 1.90. The van der Waals surface area contributed by atoms with E-state index in [0.717, 1.165) is 0 Å². The van der Waals surface area contributed by atoms with Crippen molar-refractivity contribution in [2.24, 2.45) is 5.73 Å². The summed E-state index contributed by atoms with van der Waals surface area (Å²) in [5.41, 5.74) is 4.32. The third-order valence-corrected chi connectivity index (χ3v) is 1.90. The molecule has 1 aromatic heterocycles. The van der Waals surface area contributed by atoms with Gasteiger partial charge in [0.25, 0.3) is 0 Å². The zero-order valence-corrected chi connectivity index (χ0v) is 8.31. The van der Waals surface area contributed by atoms with Crippen molar-refractivity contribution in [1.29, 1.82) is 0 Å². The van der Waals surface area contributed by atoms with Gasteiger partial charge in [0.1, 0.15) is 5.41 Å². The molecule has 0 aliphatic carbocycles. The van der Waals surface area contributed by atoms with Crippen LogP contribution in [0.15, 0.2) is 4.42 Å². The standard InChI is InChI=1S/C8H13N3O3/c1-4(9)5-10-11-6(14-5)8(2,3)7(12)13/h4H,9H2,1-3H3,(H,12,13). The second-order valence-corrected chi connectivity index (χ2v) is 3.66. The Hall–Kier alpha value is -1.43. The Morgan fingerprint density at radius 1 is 1.57 bits per heavy atom. The molecule has 78 valence electrons. The monoisotopic (exact) mass is 199 g/mol. The summed E-state index contributed by atoms with van der Waals surface area (Å²) in [6, 6.07) is -0.388. The Morgan fingerprint density at radius 3 is 2.50 bits per heavy atom. The van der Waals surface area contributed by atoms with Gasteiger partial charge in [-0.25, -0.2) is 0 Å². The van der Waals surface area contributed by atoms with Crippen molar-refractivity contribution in [3.63, 3.8) is 0 Å². The number of carboxylic acid groups (broad SMARTS) is 1. The van der Waals surface area contributed by atoms with E-state index in [1.165, 1.54) is 13.8 Å². The number of nitrogens with two attached hydrogens (primary N) is 1. The molecule has 0 spiro atoms. The quantitative estimate of drug-likeness (QED) is 0.732. The van der Waals surface area contributed by atoms with Crippen LogP contribution in [0.3, 0.4) is 0 Å². The molecule has 0 aliphatic rings. The molecule has 1 heterocycles. The van der Waals surface area contributed by atoms with E-state index in [4.69, 9.17) is 15.3 Å². The molecule has 6 nitrogen and oxygen atoms in total. The van der Waals surface area contributed by atoms with E-state index in [1.807, 2.05) is 0 Å². The molecule has 14 heavy (non-hydrogen) atoms. The minimum absolute atomic E-state index is 0.0669. The summed E-state index contributed by atoms with van der Waals surface area (Å²) in [5, 5.41) is 16.2. The van der Waals surface area contributed by atoms with Gasteiger partial charge in [-0.05, 0) is 20.8 Å². The molecule has 1 aromatic rings. The number of carboxylic acids is 1. The highest BCUT2D eigenvalue weighted by Crippen LogP contribution is 2.23. The first kappa shape index (κ1) is 10.6. The predicted molar refractivity (Wildman–Crippen MR) is 47.6 cm³/mol. The van der Waals surface area contributed by atoms with Gasteiger partial charge in [-0.2, -0.15) is 0 Å². The summed E-state index contributed by atoms with van der Waals surface area (Å²) in [4.78, 5) is 10.8. The maximum atomic E-state index is 10.8. The molecule has 6 heteroatoms. The molecular weight excluding hydrogens is 186 g/mol. The number of hydrogen-bond donors (Lipinski definition) is 2. The molecule has 0 amide bonds. The largest absolute Gasteiger partial charge is 0.480 e. The highest BCUT2D eigenvalue weighted by Gasteiger charge is 2.35. The Labute approximate surface area is 81.1 Å². The highest BCUT2D eigenvalue weighted by atomic mass is 16.4. The van der Waals surface area contributed by atoms with Crippen LogP contribution < -0.4 is 5.73 Å². The van der Waals surface area contributed by atoms with Gasteiger partial charge in [0.15, 0.2) is 0 Å². The van der Waals surface area contributed by atoms with Gasteiger partial charge in [0, 0.05) is 0 Å². The molecule has 0 aliphatic heterocycles. The van der Waals surface area contributed by atoms with E-state index in [-0.39, 0.29) is 17.8 Å². The Bertz CT molecular complexity index is 343. The number of aromatic nitrogens is 2. The lowest BCUT2D eigenvalue weighted by Gasteiger charge is -2.12. The average molecular weight is 199 g/mol. The van der Waals surface area contributed by atoms with Crippen LogP contribution >= 0.6 is 0 Å². The van der Waals surface area contributed by atoms with Crippen LogP contribution in [0, 0.1) is 0 Å². The number of aliphatic carboxylic acids is 1. The van der Waals surface area contributed by atoms with E-state index >= 15 is 0 Å². The van der Waals surface area contributed by atoms with Crippen LogP contribution in [0.25, 0.3) is 0 Å². The molecular formula is C8H13N3O3. The summed E-state index contributed by atoms with van der Waals surface area (Å²) >= 11 is 0. The number of nitrogens with zero attached hydrogens (tertiary/aromatic N) is 2. The Balaban J connectivity index is 3.03. The van der Waals surface area contributed by atoms with E-state index in [0.29, 0.717) is 0 Å². The third kappa shape index (κ3) is 1.74. The topological polar surface area (TPSA) is 102 Å². The van der Waals surface area contributed by atoms with Gasteiger partial charge in [0.2, 0.25) is 11.8 Å². The zero-order valence-electron chi connectivity index (χ0n) is 8.31. The molecule has 0 fully saturated rings. The summed E-state index contributed by atoms with van der Waals surface area (Å²) in [7, 11) is 0. The van der Waals surface area contributed by atoms with Crippen molar-refractivity contribution in [3.05, 3.63) is 11.8 Å². The van der Waals surface area contributed by atoms with Crippen molar-refractivity contribution < 1.29 is 14.3 Å². The number of hydrogen-bond acceptors (Lipinski definition) is 5. The van der Waals surface area contributed by atoms with Gasteiger partial charge >= 0.3 is 5.97 Å². The van der Waals surface area contributed by atoms with E-state index in [9.17, 15) is 4.79 Å². The summed E-state index contributed by atoms with van der Waals surface area (Å²) < 4.78 is 5.14. The van der Waals surface area contributed by atoms with Crippen molar-refractivity contribution in [2.45, 2.75) is 32.2 Å². The van der Waals surface area contributed by atoms with Gasteiger partial charge < -0.3 is 15.3 Å². The lowest BCUT2D eigenvalue weighted by Crippen LogP contribution is -2.28. The Kier molecular flexibility index (Phi) is 2.57. The van der Waals surface area contributed by atoms with Crippen LogP contribution in [-0.2, 0) is 10.2 Å². The molecule has 0 bridgehead atoms. The van der Waals surface area contributed by atoms with E-state index in [2.05, 4.69) is 10.2 Å². The van der Waals surface area contributed by atoms with E-state index < -0.39 is 11.4 Å². The lowest BCUT2D eigenvalue weighted by atomic mass is 9.94. The van der Waals surface area contributed by atoms with Crippen LogP contribution in [0.2, 0.25) is 0 Å². The van der Waals surface area contributed by atoms with Gasteiger partial charge in [-0.1, -0.05) is 0 Å². The van der Waals surface area contributed by atoms with Crippen molar-refractivity contribution in [1.82, 2.24) is 10.2 Å². The molecule has 1 atom stereocenters. The highest BCUT2D eigenvalue weighted by molar-refractivity contribution is 5.78. The first-order valence-electron chi connectivity index (χ1n) is 4.18. The summed E-state index contributed by atoms with van der Waals surface area (Å²) in [6.07, 6.45) is 0. The SMILES string of the molecule is CC(N)c1nnc(C(C)(C)C(=O)O)o1. The predicted octanol–water partition coefficient (Wildman–Crippen LogP) is 0.452. The maximum absolute atomic E-state index is 10.8. The lowest BCUT2D eigenvalue weighted by molar-refractivity contribution is -0.143. The van der Waals surface area contributed by atoms with Crippen molar-refractivity contribution >= 4 is 5.97 Å². The first-order chi connectivity index (χ1) is 6.35. The number of rotatable bonds is 3. The van der Waals surface area contributed by atoms with Crippen molar-refractivity contribution in [2.75, 3.05) is 0 Å². The van der Waals surface area contributed by atoms with Gasteiger partial charge in [-0.3, -0.25) is 4.79 Å². The fourth-order valence-corrected chi connectivity index (χ4v) is 0.763. The fraction of sp³-hybridized carbons (Fsp3) is 0.625. The molecule has 1 unspecified atom stereocenters. The van der Waals surface area contributed by atoms with Gasteiger partial charge in [-0.15, -0.1) is 10.2 Å². The first-order valence-corrected chi connectivity index (χ1v) is 4.18. The fourth-order valence-electron chi connectivity index (χ4n) is 0.763. The minimum Gasteiger partial charge on any atom is -0.480 e. The molecule has 0 saturated carbocycles. The van der Waals surface area contributed by atoms with Crippen LogP contribution in [0.4, 0.5) is 0 Å². The Morgan fingerprint density at radius 2 is 2.14 bits per heavy atom. The molecule has 0 radical (unpaired) electrons. The second-order valence-electron chi connectivity index (χ2n) is 3.66. The minimum atomic E-state index is -1.18.